The molecule has 3 N–H and O–H groups in total. The zero-order valence-electron chi connectivity index (χ0n) is 23.8. The fraction of sp³-hybridized carbons (Fsp3) is 0.382. The molecule has 2 amide bonds. The molecule has 0 radical (unpaired) electrons. The number of nitrogens with one attached hydrogen (secondary N) is 2. The average molecular weight is 568 g/mol. The first kappa shape index (κ1) is 28.0. The number of carbonyl (C=O) groups excluding carboxylic acids is 2. The lowest BCUT2D eigenvalue weighted by Crippen LogP contribution is -2.71. The molecule has 6 rings (SSSR count). The fourth-order valence-electron chi connectivity index (χ4n) is 7.15. The molecule has 0 heterocycles. The molecule has 0 saturated heterocycles. The van der Waals surface area contributed by atoms with Gasteiger partial charge in [0.05, 0.1) is 0 Å². The van der Waals surface area contributed by atoms with Crippen molar-refractivity contribution < 1.29 is 24.2 Å². The van der Waals surface area contributed by atoms with Crippen LogP contribution in [0.5, 0.6) is 0 Å². The first-order valence-electron chi connectivity index (χ1n) is 14.7. The van der Waals surface area contributed by atoms with E-state index in [1.165, 1.54) is 0 Å². The molecule has 3 aliphatic rings. The van der Waals surface area contributed by atoms with E-state index in [9.17, 15) is 19.5 Å². The monoisotopic (exact) mass is 567 g/mol. The normalized spacial score (nSPS) is 18.2. The summed E-state index contributed by atoms with van der Waals surface area (Å²) in [6, 6.07) is 24.9. The smallest absolute Gasteiger partial charge is 0.408 e. The van der Waals surface area contributed by atoms with Crippen molar-refractivity contribution in [3.05, 3.63) is 95.6 Å². The van der Waals surface area contributed by atoms with E-state index in [4.69, 9.17) is 4.74 Å². The van der Waals surface area contributed by atoms with Gasteiger partial charge in [-0.1, -0.05) is 85.3 Å². The maximum Gasteiger partial charge on any atom is 0.408 e. The van der Waals surface area contributed by atoms with Crippen molar-refractivity contribution >= 4 is 18.0 Å². The molecule has 1 unspecified atom stereocenters. The van der Waals surface area contributed by atoms with Crippen LogP contribution in [-0.4, -0.2) is 59.8 Å². The molecule has 8 nitrogen and oxygen atoms in total. The minimum Gasteiger partial charge on any atom is -0.480 e. The van der Waals surface area contributed by atoms with Gasteiger partial charge in [0.15, 0.2) is 0 Å². The maximum absolute atomic E-state index is 13.7. The molecule has 0 bridgehead atoms. The summed E-state index contributed by atoms with van der Waals surface area (Å²) in [7, 11) is 1.83. The Hall–Kier alpha value is -4.17. The number of carboxylic acid groups (broad SMARTS) is 1. The lowest BCUT2D eigenvalue weighted by Gasteiger charge is -2.59. The van der Waals surface area contributed by atoms with E-state index in [0.717, 1.165) is 47.1 Å². The van der Waals surface area contributed by atoms with E-state index < -0.39 is 29.6 Å². The molecule has 2 saturated carbocycles. The summed E-state index contributed by atoms with van der Waals surface area (Å²) in [5, 5.41) is 15.6. The molecule has 3 aliphatic carbocycles. The van der Waals surface area contributed by atoms with Crippen LogP contribution in [0.15, 0.2) is 78.9 Å². The third-order valence-corrected chi connectivity index (χ3v) is 9.28. The van der Waals surface area contributed by atoms with Crippen LogP contribution in [0.3, 0.4) is 0 Å². The summed E-state index contributed by atoms with van der Waals surface area (Å²) in [6.07, 6.45) is 3.44. The van der Waals surface area contributed by atoms with Gasteiger partial charge < -0.3 is 20.5 Å². The largest absolute Gasteiger partial charge is 0.480 e. The molecule has 42 heavy (non-hydrogen) atoms. The zero-order chi connectivity index (χ0) is 29.3. The Kier molecular flexibility index (Phi) is 7.49. The number of carboxylic acids is 1. The Morgan fingerprint density at radius 3 is 2.10 bits per heavy atom. The number of nitrogens with zero attached hydrogens (tertiary/aromatic N) is 1. The minimum absolute atomic E-state index is 0.0385. The Morgan fingerprint density at radius 2 is 1.52 bits per heavy atom. The third kappa shape index (κ3) is 5.39. The molecule has 1 atom stereocenters. The number of rotatable bonds is 10. The van der Waals surface area contributed by atoms with Crippen LogP contribution in [-0.2, 0) is 20.9 Å². The highest BCUT2D eigenvalue weighted by molar-refractivity contribution is 5.94. The van der Waals surface area contributed by atoms with Crippen LogP contribution in [0.25, 0.3) is 11.1 Å². The van der Waals surface area contributed by atoms with Gasteiger partial charge in [-0.2, -0.15) is 0 Å². The molecule has 3 aromatic rings. The number of ether oxygens (including phenoxy) is 1. The molecule has 3 aromatic carbocycles. The van der Waals surface area contributed by atoms with Crippen molar-refractivity contribution in [3.63, 3.8) is 0 Å². The number of carbonyl (C=O) groups is 3. The van der Waals surface area contributed by atoms with Gasteiger partial charge >= 0.3 is 12.1 Å². The van der Waals surface area contributed by atoms with Gasteiger partial charge in [0.2, 0.25) is 5.91 Å². The van der Waals surface area contributed by atoms with Gasteiger partial charge in [-0.05, 0) is 66.0 Å². The molecule has 0 aromatic heterocycles. The zero-order valence-corrected chi connectivity index (χ0v) is 23.8. The number of hydrogen-bond acceptors (Lipinski definition) is 5. The van der Waals surface area contributed by atoms with E-state index in [0.29, 0.717) is 19.4 Å². The predicted molar refractivity (Wildman–Crippen MR) is 159 cm³/mol. The van der Waals surface area contributed by atoms with E-state index in [-0.39, 0.29) is 24.5 Å². The first-order valence-corrected chi connectivity index (χ1v) is 14.7. The van der Waals surface area contributed by atoms with Gasteiger partial charge in [-0.3, -0.25) is 9.69 Å². The SMILES string of the molecule is CN(Cc1ccccc1)CC(NC(=O)C1(NC(=O)OCC2c3ccccc3-c3ccccc32)CC2(CCC2)C1)C(=O)O. The van der Waals surface area contributed by atoms with E-state index in [2.05, 4.69) is 34.9 Å². The fourth-order valence-corrected chi connectivity index (χ4v) is 7.15. The second-order valence-corrected chi connectivity index (χ2v) is 12.3. The Bertz CT molecular complexity index is 1430. The molecule has 2 fully saturated rings. The van der Waals surface area contributed by atoms with Crippen LogP contribution in [0, 0.1) is 5.41 Å². The minimum atomic E-state index is -1.19. The van der Waals surface area contributed by atoms with Gasteiger partial charge in [0.25, 0.3) is 0 Å². The van der Waals surface area contributed by atoms with Crippen molar-refractivity contribution in [1.29, 1.82) is 0 Å². The highest BCUT2D eigenvalue weighted by atomic mass is 16.5. The third-order valence-electron chi connectivity index (χ3n) is 9.28. The van der Waals surface area contributed by atoms with Gasteiger partial charge in [-0.25, -0.2) is 9.59 Å². The Labute approximate surface area is 246 Å². The standard InChI is InChI=1S/C34H37N3O5/c1-37(18-23-10-3-2-4-11-23)19-29(30(38)39)35-31(40)34(21-33(22-34)16-9-17-33)36-32(41)42-20-28-26-14-7-5-12-24(26)25-13-6-8-15-27(25)28/h2-8,10-15,28-29H,9,16-22H2,1H3,(H,35,40)(H,36,41)(H,38,39). The summed E-state index contributed by atoms with van der Waals surface area (Å²) in [6.45, 7) is 0.819. The molecule has 0 aliphatic heterocycles. The summed E-state index contributed by atoms with van der Waals surface area (Å²) in [5.41, 5.74) is 4.40. The lowest BCUT2D eigenvalue weighted by atomic mass is 9.48. The number of fused-ring (bicyclic) bond motifs is 3. The van der Waals surface area contributed by atoms with Crippen molar-refractivity contribution in [3.8, 4) is 11.1 Å². The maximum atomic E-state index is 13.7. The van der Waals surface area contributed by atoms with Gasteiger partial charge in [0, 0.05) is 19.0 Å². The number of benzene rings is 3. The topological polar surface area (TPSA) is 108 Å². The first-order chi connectivity index (χ1) is 20.3. The highest BCUT2D eigenvalue weighted by Gasteiger charge is 2.62. The lowest BCUT2D eigenvalue weighted by molar-refractivity contribution is -0.150. The number of aliphatic carboxylic acids is 1. The van der Waals surface area contributed by atoms with Gasteiger partial charge in [-0.15, -0.1) is 0 Å². The number of hydrogen-bond donors (Lipinski definition) is 3. The van der Waals surface area contributed by atoms with Crippen LogP contribution < -0.4 is 10.6 Å². The number of likely N-dealkylation sites (N-methyl/N-ethyl adjacent to an activating group) is 1. The molecule has 218 valence electrons. The highest BCUT2D eigenvalue weighted by Crippen LogP contribution is 2.60. The number of amides is 2. The van der Waals surface area contributed by atoms with Crippen molar-refractivity contribution in [2.75, 3.05) is 20.2 Å². The molecular weight excluding hydrogens is 530 g/mol. The average Bonchev–Trinajstić information content (AvgIpc) is 3.26. The van der Waals surface area contributed by atoms with Crippen LogP contribution in [0.2, 0.25) is 0 Å². The van der Waals surface area contributed by atoms with Gasteiger partial charge in [0.1, 0.15) is 18.2 Å². The summed E-state index contributed by atoms with van der Waals surface area (Å²) >= 11 is 0. The van der Waals surface area contributed by atoms with E-state index in [1.807, 2.05) is 66.5 Å². The summed E-state index contributed by atoms with van der Waals surface area (Å²) in [4.78, 5) is 40.9. The van der Waals surface area contributed by atoms with E-state index in [1.54, 1.807) is 0 Å². The molecular formula is C34H37N3O5. The quantitative estimate of drug-likeness (QED) is 0.321. The van der Waals surface area contributed by atoms with Crippen molar-refractivity contribution in [2.45, 2.75) is 56.1 Å². The van der Waals surface area contributed by atoms with Crippen LogP contribution in [0.1, 0.15) is 54.7 Å². The summed E-state index contributed by atoms with van der Waals surface area (Å²) in [5.74, 6) is -1.67. The molecule has 1 spiro atoms. The second kappa shape index (κ2) is 11.2. The van der Waals surface area contributed by atoms with E-state index >= 15 is 0 Å². The van der Waals surface area contributed by atoms with Crippen molar-refractivity contribution in [2.24, 2.45) is 5.41 Å². The van der Waals surface area contributed by atoms with Crippen LogP contribution >= 0.6 is 0 Å². The number of alkyl carbamates (subject to hydrolysis) is 1. The molecule has 8 heteroatoms. The Balaban J connectivity index is 1.12. The Morgan fingerprint density at radius 1 is 0.929 bits per heavy atom. The second-order valence-electron chi connectivity index (χ2n) is 12.3. The summed E-state index contributed by atoms with van der Waals surface area (Å²) < 4.78 is 5.77. The van der Waals surface area contributed by atoms with Crippen LogP contribution in [0.4, 0.5) is 4.79 Å². The van der Waals surface area contributed by atoms with Crippen molar-refractivity contribution in [1.82, 2.24) is 15.5 Å². The predicted octanol–water partition coefficient (Wildman–Crippen LogP) is 4.93.